The topological polar surface area (TPSA) is 44.5 Å². The van der Waals surface area contributed by atoms with Crippen LogP contribution in [0.5, 0.6) is 5.75 Å². The van der Waals surface area contributed by atoms with Crippen molar-refractivity contribution in [2.45, 2.75) is 70.6 Å². The Labute approximate surface area is 128 Å². The van der Waals surface area contributed by atoms with Crippen molar-refractivity contribution in [3.63, 3.8) is 0 Å². The summed E-state index contributed by atoms with van der Waals surface area (Å²) in [7, 11) is 0. The van der Waals surface area contributed by atoms with E-state index < -0.39 is 0 Å². The molecule has 1 unspecified atom stereocenters. The van der Waals surface area contributed by atoms with Crippen LogP contribution in [0.15, 0.2) is 24.3 Å². The van der Waals surface area contributed by atoms with Gasteiger partial charge < -0.3 is 15.2 Å². The van der Waals surface area contributed by atoms with Crippen LogP contribution in [0.3, 0.4) is 0 Å². The Morgan fingerprint density at radius 2 is 1.71 bits per heavy atom. The Balaban J connectivity index is 2.14. The quantitative estimate of drug-likeness (QED) is 0.853. The third-order valence-electron chi connectivity index (χ3n) is 4.31. The molecule has 21 heavy (non-hydrogen) atoms. The molecule has 1 aliphatic carbocycles. The van der Waals surface area contributed by atoms with Gasteiger partial charge in [0, 0.05) is 6.61 Å². The van der Waals surface area contributed by atoms with Crippen LogP contribution in [0.4, 0.5) is 0 Å². The lowest BCUT2D eigenvalue weighted by Crippen LogP contribution is -2.45. The summed E-state index contributed by atoms with van der Waals surface area (Å²) in [6.45, 7) is 6.85. The van der Waals surface area contributed by atoms with Gasteiger partial charge in [-0.25, -0.2) is 0 Å². The highest BCUT2D eigenvalue weighted by molar-refractivity contribution is 5.31. The molecular weight excluding hydrogens is 262 g/mol. The first kappa shape index (κ1) is 16.3. The monoisotopic (exact) mass is 291 g/mol. The summed E-state index contributed by atoms with van der Waals surface area (Å²) in [5.41, 5.74) is 7.53. The van der Waals surface area contributed by atoms with Crippen LogP contribution >= 0.6 is 0 Å². The van der Waals surface area contributed by atoms with Crippen LogP contribution in [0, 0.1) is 0 Å². The summed E-state index contributed by atoms with van der Waals surface area (Å²) in [5.74, 6) is 0.898. The van der Waals surface area contributed by atoms with Gasteiger partial charge in [0.2, 0.25) is 0 Å². The van der Waals surface area contributed by atoms with Gasteiger partial charge in [-0.1, -0.05) is 31.4 Å². The van der Waals surface area contributed by atoms with Gasteiger partial charge in [0.25, 0.3) is 0 Å². The number of ether oxygens (including phenoxy) is 2. The Bertz CT molecular complexity index is 416. The van der Waals surface area contributed by atoms with Crippen LogP contribution < -0.4 is 10.5 Å². The molecule has 1 aliphatic rings. The number of benzene rings is 1. The maximum Gasteiger partial charge on any atom is 0.119 e. The number of nitrogens with two attached hydrogens (primary N) is 1. The fourth-order valence-corrected chi connectivity index (χ4v) is 3.31. The van der Waals surface area contributed by atoms with Crippen LogP contribution in [0.25, 0.3) is 0 Å². The lowest BCUT2D eigenvalue weighted by Gasteiger charge is -2.41. The molecule has 0 bridgehead atoms. The lowest BCUT2D eigenvalue weighted by molar-refractivity contribution is -0.0830. The van der Waals surface area contributed by atoms with E-state index in [0.717, 1.165) is 30.8 Å². The van der Waals surface area contributed by atoms with Gasteiger partial charge in [-0.05, 0) is 51.3 Å². The fourth-order valence-electron chi connectivity index (χ4n) is 3.31. The van der Waals surface area contributed by atoms with E-state index in [1.54, 1.807) is 0 Å². The second-order valence-electron chi connectivity index (χ2n) is 6.27. The van der Waals surface area contributed by atoms with E-state index in [1.807, 2.05) is 26.0 Å². The molecular formula is C18H29NO2. The summed E-state index contributed by atoms with van der Waals surface area (Å²) in [6.07, 6.45) is 6.03. The van der Waals surface area contributed by atoms with E-state index >= 15 is 0 Å². The molecule has 0 aliphatic heterocycles. The highest BCUT2D eigenvalue weighted by Crippen LogP contribution is 2.40. The number of rotatable bonds is 6. The minimum absolute atomic E-state index is 0.0640. The molecule has 0 aromatic heterocycles. The van der Waals surface area contributed by atoms with Crippen molar-refractivity contribution in [1.29, 1.82) is 0 Å². The van der Waals surface area contributed by atoms with Crippen LogP contribution in [-0.2, 0) is 4.74 Å². The maximum absolute atomic E-state index is 6.58. The molecule has 0 spiro atoms. The molecule has 0 amide bonds. The van der Waals surface area contributed by atoms with E-state index in [1.165, 1.54) is 19.3 Å². The largest absolute Gasteiger partial charge is 0.491 e. The first-order chi connectivity index (χ1) is 10.1. The van der Waals surface area contributed by atoms with Crippen LogP contribution in [0.2, 0.25) is 0 Å². The third-order valence-corrected chi connectivity index (χ3v) is 4.31. The molecule has 1 aromatic carbocycles. The minimum atomic E-state index is -0.187. The summed E-state index contributed by atoms with van der Waals surface area (Å²) in [4.78, 5) is 0. The molecule has 1 fully saturated rings. The molecule has 1 saturated carbocycles. The first-order valence-corrected chi connectivity index (χ1v) is 8.23. The third kappa shape index (κ3) is 3.98. The Hall–Kier alpha value is -1.06. The van der Waals surface area contributed by atoms with Gasteiger partial charge >= 0.3 is 0 Å². The van der Waals surface area contributed by atoms with Gasteiger partial charge in [0.1, 0.15) is 5.75 Å². The SMILES string of the molecule is CCOC1(C(N)c2ccc(OC(C)C)cc2)CCCCC1. The van der Waals surface area contributed by atoms with Crippen molar-refractivity contribution in [2.75, 3.05) is 6.61 Å². The van der Waals surface area contributed by atoms with Crippen molar-refractivity contribution < 1.29 is 9.47 Å². The molecule has 118 valence electrons. The average Bonchev–Trinajstić information content (AvgIpc) is 2.48. The van der Waals surface area contributed by atoms with Crippen molar-refractivity contribution in [2.24, 2.45) is 5.73 Å². The first-order valence-electron chi connectivity index (χ1n) is 8.23. The Morgan fingerprint density at radius 3 is 2.24 bits per heavy atom. The van der Waals surface area contributed by atoms with Crippen molar-refractivity contribution >= 4 is 0 Å². The molecule has 1 atom stereocenters. The van der Waals surface area contributed by atoms with Gasteiger partial charge in [0.05, 0.1) is 17.7 Å². The molecule has 3 nitrogen and oxygen atoms in total. The van der Waals surface area contributed by atoms with Crippen molar-refractivity contribution in [3.8, 4) is 5.75 Å². The smallest absolute Gasteiger partial charge is 0.119 e. The van der Waals surface area contributed by atoms with Crippen LogP contribution in [-0.4, -0.2) is 18.3 Å². The zero-order chi connectivity index (χ0) is 15.3. The Morgan fingerprint density at radius 1 is 1.10 bits per heavy atom. The number of hydrogen-bond donors (Lipinski definition) is 1. The highest BCUT2D eigenvalue weighted by Gasteiger charge is 2.39. The van der Waals surface area contributed by atoms with Crippen molar-refractivity contribution in [3.05, 3.63) is 29.8 Å². The highest BCUT2D eigenvalue weighted by atomic mass is 16.5. The zero-order valence-corrected chi connectivity index (χ0v) is 13.6. The molecule has 2 rings (SSSR count). The van der Waals surface area contributed by atoms with Crippen molar-refractivity contribution in [1.82, 2.24) is 0 Å². The predicted molar refractivity (Wildman–Crippen MR) is 86.6 cm³/mol. The zero-order valence-electron chi connectivity index (χ0n) is 13.6. The molecule has 0 saturated heterocycles. The standard InChI is InChI=1S/C18H29NO2/c1-4-20-18(12-6-5-7-13-18)17(19)15-8-10-16(11-9-15)21-14(2)3/h8-11,14,17H,4-7,12-13,19H2,1-3H3. The second-order valence-corrected chi connectivity index (χ2v) is 6.27. The fraction of sp³-hybridized carbons (Fsp3) is 0.667. The van der Waals surface area contributed by atoms with E-state index in [-0.39, 0.29) is 17.7 Å². The van der Waals surface area contributed by atoms with Crippen LogP contribution in [0.1, 0.15) is 64.5 Å². The van der Waals surface area contributed by atoms with Gasteiger partial charge in [-0.15, -0.1) is 0 Å². The average molecular weight is 291 g/mol. The normalized spacial score (nSPS) is 19.5. The van der Waals surface area contributed by atoms with E-state index in [0.29, 0.717) is 0 Å². The Kier molecular flexibility index (Phi) is 5.65. The summed E-state index contributed by atoms with van der Waals surface area (Å²) in [5, 5.41) is 0. The maximum atomic E-state index is 6.58. The summed E-state index contributed by atoms with van der Waals surface area (Å²) >= 11 is 0. The summed E-state index contributed by atoms with van der Waals surface area (Å²) in [6, 6.07) is 8.12. The predicted octanol–water partition coefficient (Wildman–Crippen LogP) is 4.21. The van der Waals surface area contributed by atoms with E-state index in [9.17, 15) is 0 Å². The van der Waals surface area contributed by atoms with Gasteiger partial charge in [-0.2, -0.15) is 0 Å². The van der Waals surface area contributed by atoms with Gasteiger partial charge in [-0.3, -0.25) is 0 Å². The molecule has 0 heterocycles. The minimum Gasteiger partial charge on any atom is -0.491 e. The lowest BCUT2D eigenvalue weighted by atomic mass is 9.77. The summed E-state index contributed by atoms with van der Waals surface area (Å²) < 4.78 is 11.8. The second kappa shape index (κ2) is 7.28. The number of hydrogen-bond acceptors (Lipinski definition) is 3. The van der Waals surface area contributed by atoms with Gasteiger partial charge in [0.15, 0.2) is 0 Å². The molecule has 1 aromatic rings. The molecule has 2 N–H and O–H groups in total. The molecule has 0 radical (unpaired) electrons. The molecule has 3 heteroatoms. The van der Waals surface area contributed by atoms with E-state index in [2.05, 4.69) is 19.1 Å². The van der Waals surface area contributed by atoms with E-state index in [4.69, 9.17) is 15.2 Å².